The van der Waals surface area contributed by atoms with Gasteiger partial charge >= 0.3 is 0 Å². The van der Waals surface area contributed by atoms with Crippen LogP contribution in [0.3, 0.4) is 0 Å². The van der Waals surface area contributed by atoms with Crippen LogP contribution in [0.4, 0.5) is 0 Å². The van der Waals surface area contributed by atoms with E-state index in [-0.39, 0.29) is 17.6 Å². The highest BCUT2D eigenvalue weighted by molar-refractivity contribution is 7.88. The van der Waals surface area contributed by atoms with Crippen molar-refractivity contribution in [3.63, 3.8) is 0 Å². The zero-order valence-electron chi connectivity index (χ0n) is 18.6. The molecule has 0 unspecified atom stereocenters. The van der Waals surface area contributed by atoms with Crippen molar-refractivity contribution < 1.29 is 13.2 Å². The van der Waals surface area contributed by atoms with Crippen LogP contribution >= 0.6 is 0 Å². The third-order valence-corrected chi connectivity index (χ3v) is 8.35. The van der Waals surface area contributed by atoms with E-state index in [4.69, 9.17) is 0 Å². The summed E-state index contributed by atoms with van der Waals surface area (Å²) in [6, 6.07) is 17.7. The number of carbonyl (C=O) groups excluding carboxylic acids is 1. The Morgan fingerprint density at radius 3 is 2.12 bits per heavy atom. The van der Waals surface area contributed by atoms with E-state index in [9.17, 15) is 13.2 Å². The lowest BCUT2D eigenvalue weighted by Gasteiger charge is -2.30. The maximum absolute atomic E-state index is 12.7. The van der Waals surface area contributed by atoms with Gasteiger partial charge in [0.05, 0.1) is 5.75 Å². The predicted octanol–water partition coefficient (Wildman–Crippen LogP) is 3.14. The molecule has 2 fully saturated rings. The molecule has 0 atom stereocenters. The fourth-order valence-corrected chi connectivity index (χ4v) is 6.13. The van der Waals surface area contributed by atoms with Crippen LogP contribution in [0.2, 0.25) is 0 Å². The molecule has 2 saturated heterocycles. The normalized spacial score (nSPS) is 18.6. The number of nitrogens with zero attached hydrogens (tertiary/aromatic N) is 2. The van der Waals surface area contributed by atoms with Gasteiger partial charge in [0.15, 0.2) is 0 Å². The number of sulfonamides is 1. The Labute approximate surface area is 191 Å². The van der Waals surface area contributed by atoms with Crippen LogP contribution in [0.1, 0.15) is 42.4 Å². The Morgan fingerprint density at radius 1 is 0.844 bits per heavy atom. The van der Waals surface area contributed by atoms with Gasteiger partial charge in [0.25, 0.3) is 0 Å². The lowest BCUT2D eigenvalue weighted by molar-refractivity contribution is -0.126. The van der Waals surface area contributed by atoms with Crippen molar-refractivity contribution in [2.75, 3.05) is 26.2 Å². The number of hydrogen-bond donors (Lipinski definition) is 1. The molecule has 2 aromatic carbocycles. The SMILES string of the molecule is O=C(NCc1ccc(CN2CCCC2)cc1)C1CCN(S(=O)(=O)Cc2ccccc2)CC1. The zero-order chi connectivity index (χ0) is 22.4. The van der Waals surface area contributed by atoms with Gasteiger partial charge in [-0.05, 0) is 55.5 Å². The maximum Gasteiger partial charge on any atom is 0.223 e. The highest BCUT2D eigenvalue weighted by Gasteiger charge is 2.31. The Morgan fingerprint density at radius 2 is 1.47 bits per heavy atom. The van der Waals surface area contributed by atoms with Crippen LogP contribution in [0.5, 0.6) is 0 Å². The van der Waals surface area contributed by atoms with Crippen LogP contribution in [-0.2, 0) is 33.7 Å². The smallest absolute Gasteiger partial charge is 0.223 e. The summed E-state index contributed by atoms with van der Waals surface area (Å²) in [6.07, 6.45) is 3.72. The number of carbonyl (C=O) groups is 1. The molecule has 2 aliphatic rings. The van der Waals surface area contributed by atoms with E-state index in [1.807, 2.05) is 30.3 Å². The Bertz CT molecular complexity index is 979. The average molecular weight is 456 g/mol. The second-order valence-corrected chi connectivity index (χ2v) is 10.9. The number of rotatable bonds is 8. The van der Waals surface area contributed by atoms with E-state index in [2.05, 4.69) is 34.5 Å². The molecule has 2 aromatic rings. The number of amides is 1. The third-order valence-electron chi connectivity index (χ3n) is 6.50. The molecule has 172 valence electrons. The van der Waals surface area contributed by atoms with Gasteiger partial charge in [-0.15, -0.1) is 0 Å². The first-order chi connectivity index (χ1) is 15.5. The van der Waals surface area contributed by atoms with Gasteiger partial charge in [-0.3, -0.25) is 9.69 Å². The summed E-state index contributed by atoms with van der Waals surface area (Å²) < 4.78 is 26.9. The molecule has 4 rings (SSSR count). The van der Waals surface area contributed by atoms with Gasteiger partial charge in [0, 0.05) is 32.1 Å². The number of hydrogen-bond acceptors (Lipinski definition) is 4. The summed E-state index contributed by atoms with van der Waals surface area (Å²) in [4.78, 5) is 15.1. The molecular formula is C25H33N3O3S. The van der Waals surface area contributed by atoms with Crippen molar-refractivity contribution in [3.05, 3.63) is 71.3 Å². The van der Waals surface area contributed by atoms with E-state index >= 15 is 0 Å². The van der Waals surface area contributed by atoms with Crippen molar-refractivity contribution in [3.8, 4) is 0 Å². The topological polar surface area (TPSA) is 69.7 Å². The van der Waals surface area contributed by atoms with Gasteiger partial charge in [-0.1, -0.05) is 54.6 Å². The molecule has 0 radical (unpaired) electrons. The van der Waals surface area contributed by atoms with Crippen LogP contribution < -0.4 is 5.32 Å². The minimum Gasteiger partial charge on any atom is -0.352 e. The first kappa shape index (κ1) is 23.0. The molecule has 2 aliphatic heterocycles. The molecule has 6 nitrogen and oxygen atoms in total. The fraction of sp³-hybridized carbons (Fsp3) is 0.480. The van der Waals surface area contributed by atoms with Crippen LogP contribution in [-0.4, -0.2) is 49.7 Å². The molecule has 32 heavy (non-hydrogen) atoms. The number of benzene rings is 2. The average Bonchev–Trinajstić information content (AvgIpc) is 3.32. The number of likely N-dealkylation sites (tertiary alicyclic amines) is 1. The van der Waals surface area contributed by atoms with Crippen LogP contribution in [0, 0.1) is 5.92 Å². The fourth-order valence-electron chi connectivity index (χ4n) is 4.57. The van der Waals surface area contributed by atoms with E-state index in [1.54, 1.807) is 0 Å². The van der Waals surface area contributed by atoms with Gasteiger partial charge in [0.1, 0.15) is 0 Å². The first-order valence-electron chi connectivity index (χ1n) is 11.6. The Hall–Kier alpha value is -2.22. The lowest BCUT2D eigenvalue weighted by atomic mass is 9.97. The first-order valence-corrected chi connectivity index (χ1v) is 13.2. The molecule has 7 heteroatoms. The Balaban J connectivity index is 1.21. The van der Waals surface area contributed by atoms with Crippen molar-refractivity contribution in [1.82, 2.24) is 14.5 Å². The second kappa shape index (κ2) is 10.6. The van der Waals surface area contributed by atoms with Gasteiger partial charge in [0.2, 0.25) is 15.9 Å². The highest BCUT2D eigenvalue weighted by Crippen LogP contribution is 2.22. The summed E-state index contributed by atoms with van der Waals surface area (Å²) in [5, 5.41) is 3.04. The highest BCUT2D eigenvalue weighted by atomic mass is 32.2. The van der Waals surface area contributed by atoms with Gasteiger partial charge in [-0.2, -0.15) is 0 Å². The number of piperidine rings is 1. The largest absolute Gasteiger partial charge is 0.352 e. The minimum atomic E-state index is -3.36. The second-order valence-electron chi connectivity index (χ2n) is 8.93. The zero-order valence-corrected chi connectivity index (χ0v) is 19.4. The summed E-state index contributed by atoms with van der Waals surface area (Å²) in [6.45, 7) is 4.68. The third kappa shape index (κ3) is 6.18. The molecule has 1 amide bonds. The molecule has 0 saturated carbocycles. The predicted molar refractivity (Wildman–Crippen MR) is 126 cm³/mol. The Kier molecular flexibility index (Phi) is 7.60. The van der Waals surface area contributed by atoms with E-state index in [1.165, 1.54) is 35.8 Å². The molecule has 0 spiro atoms. The van der Waals surface area contributed by atoms with E-state index in [0.29, 0.717) is 32.5 Å². The molecule has 0 aromatic heterocycles. The van der Waals surface area contributed by atoms with E-state index in [0.717, 1.165) is 17.7 Å². The summed E-state index contributed by atoms with van der Waals surface area (Å²) in [7, 11) is -3.36. The standard InChI is InChI=1S/C25H33N3O3S/c29-25(26-18-21-8-10-22(11-9-21)19-27-14-4-5-15-27)24-12-16-28(17-13-24)32(30,31)20-23-6-2-1-3-7-23/h1-3,6-11,24H,4-5,12-20H2,(H,26,29). The molecule has 0 aliphatic carbocycles. The van der Waals surface area contributed by atoms with Gasteiger partial charge < -0.3 is 5.32 Å². The molecule has 2 heterocycles. The van der Waals surface area contributed by atoms with Crippen molar-refractivity contribution in [2.24, 2.45) is 5.92 Å². The lowest BCUT2D eigenvalue weighted by Crippen LogP contribution is -2.43. The summed E-state index contributed by atoms with van der Waals surface area (Å²) >= 11 is 0. The summed E-state index contributed by atoms with van der Waals surface area (Å²) in [5.41, 5.74) is 3.19. The quantitative estimate of drug-likeness (QED) is 0.664. The van der Waals surface area contributed by atoms with Crippen molar-refractivity contribution in [1.29, 1.82) is 0 Å². The monoisotopic (exact) mass is 455 g/mol. The molecule has 1 N–H and O–H groups in total. The van der Waals surface area contributed by atoms with Gasteiger partial charge in [-0.25, -0.2) is 12.7 Å². The van der Waals surface area contributed by atoms with Crippen molar-refractivity contribution in [2.45, 2.75) is 44.5 Å². The van der Waals surface area contributed by atoms with E-state index < -0.39 is 10.0 Å². The number of nitrogens with one attached hydrogen (secondary N) is 1. The maximum atomic E-state index is 12.7. The van der Waals surface area contributed by atoms with Crippen LogP contribution in [0.25, 0.3) is 0 Å². The van der Waals surface area contributed by atoms with Crippen LogP contribution in [0.15, 0.2) is 54.6 Å². The molecular weight excluding hydrogens is 422 g/mol. The summed E-state index contributed by atoms with van der Waals surface area (Å²) in [5.74, 6) is -0.0998. The minimum absolute atomic E-state index is 0.0124. The van der Waals surface area contributed by atoms with Crippen molar-refractivity contribution >= 4 is 15.9 Å². The molecule has 0 bridgehead atoms.